The fraction of sp³-hybridized carbons (Fsp3) is 0.250. The summed E-state index contributed by atoms with van der Waals surface area (Å²) in [5.41, 5.74) is 2.80. The Morgan fingerprint density at radius 3 is 2.24 bits per heavy atom. The maximum atomic E-state index is 13.2. The van der Waals surface area contributed by atoms with Crippen LogP contribution in [0.15, 0.2) is 85.3 Å². The minimum absolute atomic E-state index is 0.0385. The van der Waals surface area contributed by atoms with Crippen LogP contribution in [0.2, 0.25) is 0 Å². The second-order valence-corrected chi connectivity index (χ2v) is 8.97. The normalized spacial score (nSPS) is 13.2. The number of aryl methyl sites for hydroxylation is 1. The summed E-state index contributed by atoms with van der Waals surface area (Å²) in [4.78, 5) is 17.6. The summed E-state index contributed by atoms with van der Waals surface area (Å²) in [7, 11) is 1.84. The topological polar surface area (TPSA) is 71.8 Å². The largest absolute Gasteiger partial charge is 0.416 e. The molecule has 2 aromatic carbocycles. The highest BCUT2D eigenvalue weighted by Gasteiger charge is 2.30. The number of pyridine rings is 1. The van der Waals surface area contributed by atoms with E-state index in [0.717, 1.165) is 34.4 Å². The van der Waals surface area contributed by atoms with Crippen LogP contribution in [0.5, 0.6) is 0 Å². The first-order chi connectivity index (χ1) is 17.7. The highest BCUT2D eigenvalue weighted by Crippen LogP contribution is 2.30. The molecule has 0 bridgehead atoms. The number of amides is 1. The molecule has 2 N–H and O–H groups in total. The molecule has 37 heavy (non-hydrogen) atoms. The predicted octanol–water partition coefficient (Wildman–Crippen LogP) is 5.62. The van der Waals surface area contributed by atoms with E-state index in [4.69, 9.17) is 0 Å². The van der Waals surface area contributed by atoms with Crippen molar-refractivity contribution in [3.63, 3.8) is 0 Å². The van der Waals surface area contributed by atoms with Crippen molar-refractivity contribution < 1.29 is 18.0 Å². The Morgan fingerprint density at radius 1 is 0.919 bits per heavy atom. The van der Waals surface area contributed by atoms with Crippen molar-refractivity contribution in [1.29, 1.82) is 0 Å². The minimum Gasteiger partial charge on any atom is -0.315 e. The lowest BCUT2D eigenvalue weighted by Gasteiger charge is -2.20. The Kier molecular flexibility index (Phi) is 8.03. The lowest BCUT2D eigenvalue weighted by atomic mass is 9.96. The average Bonchev–Trinajstić information content (AvgIpc) is 3.33. The van der Waals surface area contributed by atoms with E-state index in [0.29, 0.717) is 18.9 Å². The van der Waals surface area contributed by atoms with Gasteiger partial charge < -0.3 is 10.6 Å². The summed E-state index contributed by atoms with van der Waals surface area (Å²) in [6.07, 6.45) is 0.967. The van der Waals surface area contributed by atoms with E-state index in [1.165, 1.54) is 12.1 Å². The van der Waals surface area contributed by atoms with Gasteiger partial charge in [0.1, 0.15) is 5.82 Å². The number of rotatable bonds is 9. The number of alkyl halides is 3. The molecule has 1 unspecified atom stereocenters. The van der Waals surface area contributed by atoms with Gasteiger partial charge in [0.25, 0.3) is 0 Å². The maximum absolute atomic E-state index is 13.2. The highest BCUT2D eigenvalue weighted by molar-refractivity contribution is 5.95. The van der Waals surface area contributed by atoms with E-state index in [2.05, 4.69) is 20.7 Å². The minimum atomic E-state index is -4.36. The molecule has 0 aliphatic heterocycles. The van der Waals surface area contributed by atoms with Crippen LogP contribution in [0.1, 0.15) is 35.4 Å². The van der Waals surface area contributed by atoms with Crippen molar-refractivity contribution in [2.24, 2.45) is 7.05 Å². The first-order valence-electron chi connectivity index (χ1n) is 11.9. The summed E-state index contributed by atoms with van der Waals surface area (Å²) < 4.78 is 40.2. The lowest BCUT2D eigenvalue weighted by Crippen LogP contribution is -2.32. The zero-order valence-electron chi connectivity index (χ0n) is 20.5. The molecule has 192 valence electrons. The van der Waals surface area contributed by atoms with Gasteiger partial charge in [0, 0.05) is 43.7 Å². The van der Waals surface area contributed by atoms with Crippen LogP contribution in [-0.4, -0.2) is 33.8 Å². The lowest BCUT2D eigenvalue weighted by molar-refractivity contribution is -0.137. The monoisotopic (exact) mass is 507 g/mol. The Balaban J connectivity index is 1.39. The number of carbonyl (C=O) groups excluding carboxylic acids is 1. The second kappa shape index (κ2) is 11.4. The van der Waals surface area contributed by atoms with Gasteiger partial charge in [-0.05, 0) is 41.3 Å². The van der Waals surface area contributed by atoms with Crippen LogP contribution in [0.4, 0.5) is 19.0 Å². The summed E-state index contributed by atoms with van der Waals surface area (Å²) in [6, 6.07) is 18.2. The number of carbonyl (C=O) groups is 1. The van der Waals surface area contributed by atoms with E-state index in [1.807, 2.05) is 56.6 Å². The fourth-order valence-corrected chi connectivity index (χ4v) is 4.03. The van der Waals surface area contributed by atoms with Crippen molar-refractivity contribution in [3.8, 4) is 11.1 Å². The number of anilines is 1. The number of benzene rings is 2. The third-order valence-electron chi connectivity index (χ3n) is 6.18. The van der Waals surface area contributed by atoms with Gasteiger partial charge in [-0.3, -0.25) is 9.48 Å². The second-order valence-electron chi connectivity index (χ2n) is 8.97. The van der Waals surface area contributed by atoms with Crippen LogP contribution in [0.3, 0.4) is 0 Å². The van der Waals surface area contributed by atoms with Gasteiger partial charge >= 0.3 is 6.18 Å². The molecule has 0 saturated carbocycles. The zero-order chi connectivity index (χ0) is 26.4. The van der Waals surface area contributed by atoms with E-state index >= 15 is 0 Å². The molecule has 6 nitrogen and oxygen atoms in total. The molecule has 4 aromatic rings. The van der Waals surface area contributed by atoms with Crippen LogP contribution >= 0.6 is 0 Å². The molecule has 2 heterocycles. The van der Waals surface area contributed by atoms with Crippen LogP contribution in [0.25, 0.3) is 11.1 Å². The van der Waals surface area contributed by atoms with E-state index in [1.54, 1.807) is 23.1 Å². The Hall–Kier alpha value is -3.98. The Morgan fingerprint density at radius 2 is 1.65 bits per heavy atom. The van der Waals surface area contributed by atoms with Gasteiger partial charge in [-0.1, -0.05) is 49.4 Å². The smallest absolute Gasteiger partial charge is 0.315 e. The number of aromatic nitrogens is 3. The molecule has 4 rings (SSSR count). The van der Waals surface area contributed by atoms with Gasteiger partial charge in [-0.15, -0.1) is 0 Å². The van der Waals surface area contributed by atoms with Gasteiger partial charge in [0.05, 0.1) is 17.7 Å². The Labute approximate surface area is 213 Å². The van der Waals surface area contributed by atoms with Crippen molar-refractivity contribution in [2.75, 3.05) is 18.4 Å². The number of hydrogen-bond donors (Lipinski definition) is 2. The summed E-state index contributed by atoms with van der Waals surface area (Å²) in [5.74, 6) is -0.288. The van der Waals surface area contributed by atoms with E-state index in [-0.39, 0.29) is 11.8 Å². The van der Waals surface area contributed by atoms with Gasteiger partial charge in [-0.2, -0.15) is 18.3 Å². The number of halogens is 3. The summed E-state index contributed by atoms with van der Waals surface area (Å²) >= 11 is 0. The molecule has 0 fully saturated rings. The zero-order valence-corrected chi connectivity index (χ0v) is 20.5. The average molecular weight is 508 g/mol. The molecule has 9 heteroatoms. The van der Waals surface area contributed by atoms with Crippen LogP contribution < -0.4 is 10.6 Å². The number of hydrogen-bond acceptors (Lipinski definition) is 4. The molecule has 0 spiro atoms. The molecular formula is C28H28F3N5O. The predicted molar refractivity (Wildman–Crippen MR) is 137 cm³/mol. The van der Waals surface area contributed by atoms with Crippen LogP contribution in [-0.2, 0) is 18.0 Å². The van der Waals surface area contributed by atoms with Crippen molar-refractivity contribution in [3.05, 3.63) is 102 Å². The first kappa shape index (κ1) is 26.1. The number of nitrogens with one attached hydrogen (secondary N) is 2. The maximum Gasteiger partial charge on any atom is 0.416 e. The van der Waals surface area contributed by atoms with Crippen molar-refractivity contribution >= 4 is 11.7 Å². The van der Waals surface area contributed by atoms with E-state index in [9.17, 15) is 18.0 Å². The molecular weight excluding hydrogens is 479 g/mol. The summed E-state index contributed by atoms with van der Waals surface area (Å²) in [5, 5.41) is 10.4. The summed E-state index contributed by atoms with van der Waals surface area (Å²) in [6.45, 7) is 2.79. The molecule has 0 aliphatic rings. The van der Waals surface area contributed by atoms with Crippen LogP contribution in [0, 0.1) is 0 Å². The number of nitrogens with zero attached hydrogens (tertiary/aromatic N) is 3. The molecule has 0 radical (unpaired) electrons. The quantitative estimate of drug-likeness (QED) is 0.309. The SMILES string of the molecule is C[C@@H](CNCC(C(=O)Nc1ccc(-c2cnn(C)c2)cn1)c1ccccc1)c1ccc(C(F)(F)F)cc1. The third-order valence-corrected chi connectivity index (χ3v) is 6.18. The van der Waals surface area contributed by atoms with E-state index < -0.39 is 17.7 Å². The fourth-order valence-electron chi connectivity index (χ4n) is 4.03. The third kappa shape index (κ3) is 6.83. The molecule has 1 amide bonds. The highest BCUT2D eigenvalue weighted by atomic mass is 19.4. The molecule has 2 atom stereocenters. The molecule has 2 aromatic heterocycles. The molecule has 0 saturated heterocycles. The van der Waals surface area contributed by atoms with Gasteiger partial charge in [-0.25, -0.2) is 4.98 Å². The first-order valence-corrected chi connectivity index (χ1v) is 11.9. The van der Waals surface area contributed by atoms with Crippen molar-refractivity contribution in [1.82, 2.24) is 20.1 Å². The van der Waals surface area contributed by atoms with Gasteiger partial charge in [0.15, 0.2) is 0 Å². The molecule has 0 aliphatic carbocycles. The standard InChI is InChI=1S/C28H28F3N5O/c1-19(20-8-11-24(12-9-20)28(29,30)31)14-32-17-25(21-6-4-3-5-7-21)27(37)35-26-13-10-22(15-33-26)23-16-34-36(2)18-23/h3-13,15-16,18-19,25,32H,14,17H2,1-2H3,(H,33,35,37)/t19-,25?/m0/s1. The van der Waals surface area contributed by atoms with Gasteiger partial charge in [0.2, 0.25) is 5.91 Å². The Bertz CT molecular complexity index is 1300. The van der Waals surface area contributed by atoms with Crippen molar-refractivity contribution in [2.45, 2.75) is 24.9 Å².